The number of hydrogen-bond donors (Lipinski definition) is 0. The molecule has 128 valence electrons. The van der Waals surface area contributed by atoms with Crippen molar-refractivity contribution in [3.05, 3.63) is 0 Å². The predicted molar refractivity (Wildman–Crippen MR) is 82.4 cm³/mol. The topological polar surface area (TPSA) is 52.6 Å². The van der Waals surface area contributed by atoms with Crippen molar-refractivity contribution in [3.63, 3.8) is 0 Å². The first-order chi connectivity index (χ1) is 11.7. The Kier molecular flexibility index (Phi) is 2.21. The molecule has 7 aliphatic rings. The molecule has 0 bridgehead atoms. The third kappa shape index (κ3) is 1.27. The third-order valence-corrected chi connectivity index (χ3v) is 9.46. The standard InChI is InChI=1S/C20H24O4/c21-19-17-15-9(5-7-1-3-11(23-19)13(7)15)10-6-8-2-4-12-14(8)16(10)18(17)20(22)24-12/h7-18H,1-6H2/t7-,8-,9-,10-,11-,12-,13-,14+,15+,16+,17+,18-/m1/s1. The lowest BCUT2D eigenvalue weighted by Crippen LogP contribution is -2.59. The van der Waals surface area contributed by atoms with E-state index < -0.39 is 0 Å². The Bertz CT molecular complexity index is 602. The SMILES string of the molecule is O=C1O[C@@H]2CC[C@@H]3C[C@@H]4[C@H]5C[C@H]6CC[C@H]7OC(=O)[C@@H]([C@@H]1[C@@H]4[C@H]32)[C@@H]5[C@@H]67. The molecule has 0 aromatic heterocycles. The first-order valence-electron chi connectivity index (χ1n) is 10.1. The summed E-state index contributed by atoms with van der Waals surface area (Å²) in [6, 6.07) is 0. The van der Waals surface area contributed by atoms with Gasteiger partial charge in [0.15, 0.2) is 0 Å². The van der Waals surface area contributed by atoms with Crippen LogP contribution < -0.4 is 0 Å². The Morgan fingerprint density at radius 1 is 0.625 bits per heavy atom. The van der Waals surface area contributed by atoms with Crippen molar-refractivity contribution < 1.29 is 19.1 Å². The van der Waals surface area contributed by atoms with Crippen LogP contribution in [0.5, 0.6) is 0 Å². The number of hydrogen-bond acceptors (Lipinski definition) is 4. The van der Waals surface area contributed by atoms with Crippen LogP contribution in [0.25, 0.3) is 0 Å². The highest BCUT2D eigenvalue weighted by atomic mass is 16.6. The zero-order valence-electron chi connectivity index (χ0n) is 13.8. The number of fused-ring (bicyclic) bond motifs is 2. The van der Waals surface area contributed by atoms with Gasteiger partial charge in [-0.2, -0.15) is 0 Å². The second kappa shape index (κ2) is 4.02. The number of rotatable bonds is 0. The summed E-state index contributed by atoms with van der Waals surface area (Å²) in [6.07, 6.45) is 7.45. The number of carbonyl (C=O) groups is 2. The molecule has 0 spiro atoms. The second-order valence-electron chi connectivity index (χ2n) is 9.79. The molecule has 0 aromatic carbocycles. The summed E-state index contributed by atoms with van der Waals surface area (Å²) in [5.41, 5.74) is 0. The smallest absolute Gasteiger partial charge is 0.310 e. The fourth-order valence-corrected chi connectivity index (χ4v) is 9.14. The molecule has 0 unspecified atom stereocenters. The maximum absolute atomic E-state index is 12.9. The second-order valence-corrected chi connectivity index (χ2v) is 9.79. The minimum Gasteiger partial charge on any atom is -0.462 e. The molecule has 0 amide bonds. The lowest BCUT2D eigenvalue weighted by Gasteiger charge is -2.53. The molecule has 4 nitrogen and oxygen atoms in total. The number of ether oxygens (including phenoxy) is 2. The summed E-state index contributed by atoms with van der Waals surface area (Å²) >= 11 is 0. The summed E-state index contributed by atoms with van der Waals surface area (Å²) in [7, 11) is 0. The molecule has 0 aromatic rings. The highest BCUT2D eigenvalue weighted by Crippen LogP contribution is 2.71. The van der Waals surface area contributed by atoms with Gasteiger partial charge in [0, 0.05) is 11.8 Å². The highest BCUT2D eigenvalue weighted by Gasteiger charge is 2.72. The molecule has 5 saturated carbocycles. The van der Waals surface area contributed by atoms with Crippen LogP contribution in [0.15, 0.2) is 0 Å². The Balaban J connectivity index is 1.40. The van der Waals surface area contributed by atoms with E-state index in [9.17, 15) is 9.59 Å². The summed E-state index contributed by atoms with van der Waals surface area (Å²) in [4.78, 5) is 25.8. The van der Waals surface area contributed by atoms with E-state index in [2.05, 4.69) is 0 Å². The van der Waals surface area contributed by atoms with Crippen molar-refractivity contribution >= 4 is 11.9 Å². The molecule has 2 saturated heterocycles. The quantitative estimate of drug-likeness (QED) is 0.641. The van der Waals surface area contributed by atoms with Gasteiger partial charge in [0.2, 0.25) is 0 Å². The van der Waals surface area contributed by atoms with Crippen molar-refractivity contribution in [2.45, 2.75) is 50.7 Å². The summed E-state index contributed by atoms with van der Waals surface area (Å²) in [5, 5.41) is 0. The molecule has 4 heteroatoms. The van der Waals surface area contributed by atoms with Crippen LogP contribution in [0.1, 0.15) is 38.5 Å². The third-order valence-electron chi connectivity index (χ3n) is 9.46. The van der Waals surface area contributed by atoms with Gasteiger partial charge in [0.25, 0.3) is 0 Å². The fourth-order valence-electron chi connectivity index (χ4n) is 9.14. The van der Waals surface area contributed by atoms with Gasteiger partial charge in [-0.15, -0.1) is 0 Å². The van der Waals surface area contributed by atoms with Gasteiger partial charge in [0.05, 0.1) is 11.8 Å². The molecule has 7 fully saturated rings. The highest BCUT2D eigenvalue weighted by molar-refractivity contribution is 5.84. The van der Waals surface area contributed by atoms with E-state index in [0.29, 0.717) is 35.5 Å². The first-order valence-corrected chi connectivity index (χ1v) is 10.1. The van der Waals surface area contributed by atoms with E-state index in [-0.39, 0.29) is 36.0 Å². The van der Waals surface area contributed by atoms with Crippen molar-refractivity contribution in [3.8, 4) is 0 Å². The minimum atomic E-state index is -0.187. The van der Waals surface area contributed by atoms with Gasteiger partial charge in [0.1, 0.15) is 12.2 Å². The van der Waals surface area contributed by atoms with Crippen molar-refractivity contribution in [1.29, 1.82) is 0 Å². The minimum absolute atomic E-state index is 0.0610. The molecule has 7 rings (SSSR count). The zero-order chi connectivity index (χ0) is 15.7. The van der Waals surface area contributed by atoms with Crippen molar-refractivity contribution in [1.82, 2.24) is 0 Å². The first kappa shape index (κ1) is 13.2. The van der Waals surface area contributed by atoms with Gasteiger partial charge >= 0.3 is 11.9 Å². The van der Waals surface area contributed by atoms with Gasteiger partial charge in [-0.25, -0.2) is 0 Å². The maximum atomic E-state index is 12.9. The molecule has 0 radical (unpaired) electrons. The monoisotopic (exact) mass is 328 g/mol. The van der Waals surface area contributed by atoms with E-state index in [1.165, 1.54) is 25.7 Å². The predicted octanol–water partition coefficient (Wildman–Crippen LogP) is 2.41. The molecule has 0 N–H and O–H groups in total. The van der Waals surface area contributed by atoms with E-state index >= 15 is 0 Å². The van der Waals surface area contributed by atoms with E-state index in [0.717, 1.165) is 24.7 Å². The van der Waals surface area contributed by atoms with Crippen LogP contribution in [0.4, 0.5) is 0 Å². The van der Waals surface area contributed by atoms with Crippen molar-refractivity contribution in [2.24, 2.45) is 59.2 Å². The van der Waals surface area contributed by atoms with Crippen LogP contribution >= 0.6 is 0 Å². The van der Waals surface area contributed by atoms with Crippen LogP contribution in [0, 0.1) is 59.2 Å². The molecule has 12 atom stereocenters. The molecule has 24 heavy (non-hydrogen) atoms. The normalized spacial score (nSPS) is 64.5. The number of esters is 2. The summed E-state index contributed by atoms with van der Waals surface area (Å²) in [6.45, 7) is 0. The van der Waals surface area contributed by atoms with E-state index in [1.807, 2.05) is 0 Å². The largest absolute Gasteiger partial charge is 0.462 e. The van der Waals surface area contributed by atoms with Crippen LogP contribution in [0.2, 0.25) is 0 Å². The van der Waals surface area contributed by atoms with E-state index in [1.54, 1.807) is 0 Å². The van der Waals surface area contributed by atoms with Gasteiger partial charge in [-0.05, 0) is 74.0 Å². The molecule has 2 heterocycles. The van der Waals surface area contributed by atoms with Crippen LogP contribution in [0.3, 0.4) is 0 Å². The summed E-state index contributed by atoms with van der Waals surface area (Å²) < 4.78 is 11.8. The number of carbonyl (C=O) groups excluding carboxylic acids is 2. The fraction of sp³-hybridized carbons (Fsp3) is 0.900. The maximum Gasteiger partial charge on any atom is 0.310 e. The summed E-state index contributed by atoms with van der Waals surface area (Å²) in [5.74, 6) is 4.27. The van der Waals surface area contributed by atoms with Crippen molar-refractivity contribution in [2.75, 3.05) is 0 Å². The lowest BCUT2D eigenvalue weighted by atomic mass is 9.54. The lowest BCUT2D eigenvalue weighted by molar-refractivity contribution is -0.206. The van der Waals surface area contributed by atoms with Crippen LogP contribution in [-0.2, 0) is 19.1 Å². The van der Waals surface area contributed by atoms with Gasteiger partial charge in [-0.1, -0.05) is 0 Å². The Hall–Kier alpha value is -1.06. The molecular weight excluding hydrogens is 304 g/mol. The Labute approximate surface area is 141 Å². The van der Waals surface area contributed by atoms with Gasteiger partial charge < -0.3 is 9.47 Å². The van der Waals surface area contributed by atoms with Crippen LogP contribution in [-0.4, -0.2) is 24.1 Å². The van der Waals surface area contributed by atoms with E-state index in [4.69, 9.17) is 9.47 Å². The molecule has 5 aliphatic carbocycles. The van der Waals surface area contributed by atoms with Gasteiger partial charge in [-0.3, -0.25) is 9.59 Å². The zero-order valence-corrected chi connectivity index (χ0v) is 13.8. The molecular formula is C20H24O4. The average Bonchev–Trinajstić information content (AvgIpc) is 3.27. The average molecular weight is 328 g/mol. The Morgan fingerprint density at radius 3 is 1.54 bits per heavy atom. The molecule has 2 aliphatic heterocycles. The Morgan fingerprint density at radius 2 is 1.08 bits per heavy atom.